The summed E-state index contributed by atoms with van der Waals surface area (Å²) in [6, 6.07) is 6.83. The number of methoxy groups -OCH3 is 1. The molecule has 3 N–H and O–H groups in total. The highest BCUT2D eigenvalue weighted by molar-refractivity contribution is 5.92. The summed E-state index contributed by atoms with van der Waals surface area (Å²) < 4.78 is 14.5. The first-order valence-electron chi connectivity index (χ1n) is 6.93. The van der Waals surface area contributed by atoms with Gasteiger partial charge in [0.05, 0.1) is 13.7 Å². The number of aliphatic hydroxyl groups excluding tert-OH is 3. The molecule has 1 aliphatic heterocycles. The normalized spacial score (nSPS) is 18.6. The molecule has 24 heavy (non-hydrogen) atoms. The van der Waals surface area contributed by atoms with Crippen molar-refractivity contribution < 1.29 is 39.1 Å². The molecule has 0 saturated carbocycles. The first kappa shape index (κ1) is 17.5. The molecule has 0 saturated heterocycles. The van der Waals surface area contributed by atoms with Crippen LogP contribution in [0.25, 0.3) is 6.08 Å². The lowest BCUT2D eigenvalue weighted by atomic mass is 10.2. The van der Waals surface area contributed by atoms with Gasteiger partial charge < -0.3 is 29.5 Å². The average molecular weight is 336 g/mol. The fourth-order valence-corrected chi connectivity index (χ4v) is 1.94. The van der Waals surface area contributed by atoms with Crippen molar-refractivity contribution in [1.82, 2.24) is 0 Å². The number of cyclic esters (lactones) is 1. The third-order valence-electron chi connectivity index (χ3n) is 3.19. The number of esters is 2. The van der Waals surface area contributed by atoms with E-state index < -0.39 is 42.3 Å². The van der Waals surface area contributed by atoms with Gasteiger partial charge in [0, 0.05) is 6.08 Å². The molecule has 0 spiro atoms. The molecular weight excluding hydrogens is 320 g/mol. The number of rotatable bonds is 6. The zero-order valence-electron chi connectivity index (χ0n) is 12.7. The Labute approximate surface area is 137 Å². The molecule has 0 radical (unpaired) electrons. The van der Waals surface area contributed by atoms with Gasteiger partial charge in [-0.2, -0.15) is 0 Å². The van der Waals surface area contributed by atoms with E-state index in [1.807, 2.05) is 0 Å². The van der Waals surface area contributed by atoms with E-state index >= 15 is 0 Å². The second-order valence-electron chi connectivity index (χ2n) is 4.82. The van der Waals surface area contributed by atoms with Crippen LogP contribution in [-0.4, -0.2) is 53.2 Å². The third-order valence-corrected chi connectivity index (χ3v) is 3.19. The Morgan fingerprint density at radius 3 is 2.62 bits per heavy atom. The first-order valence-corrected chi connectivity index (χ1v) is 6.93. The highest BCUT2D eigenvalue weighted by Gasteiger charge is 2.41. The molecular formula is C16H16O8. The smallest absolute Gasteiger partial charge is 0.378 e. The monoisotopic (exact) mass is 336 g/mol. The van der Waals surface area contributed by atoms with Gasteiger partial charge in [0.1, 0.15) is 11.9 Å². The Hall–Kier alpha value is -2.84. The Kier molecular flexibility index (Phi) is 5.56. The summed E-state index contributed by atoms with van der Waals surface area (Å²) in [5.74, 6) is -2.83. The number of ether oxygens (including phenoxy) is 3. The fraction of sp³-hybridized carbons (Fsp3) is 0.250. The minimum Gasteiger partial charge on any atom is -0.499 e. The molecule has 2 rings (SSSR count). The summed E-state index contributed by atoms with van der Waals surface area (Å²) in [7, 11) is 1.53. The van der Waals surface area contributed by atoms with Gasteiger partial charge in [-0.3, -0.25) is 0 Å². The van der Waals surface area contributed by atoms with Crippen molar-refractivity contribution in [3.63, 3.8) is 0 Å². The molecule has 0 aliphatic carbocycles. The molecule has 1 aromatic carbocycles. The Balaban J connectivity index is 2.06. The first-order chi connectivity index (χ1) is 11.5. The topological polar surface area (TPSA) is 123 Å². The molecule has 1 heterocycles. The van der Waals surface area contributed by atoms with Gasteiger partial charge in [-0.15, -0.1) is 0 Å². The highest BCUT2D eigenvalue weighted by atomic mass is 16.6. The predicted molar refractivity (Wildman–Crippen MR) is 80.7 cm³/mol. The molecule has 8 nitrogen and oxygen atoms in total. The number of carbonyl (C=O) groups excluding carboxylic acids is 2. The van der Waals surface area contributed by atoms with Crippen molar-refractivity contribution in [1.29, 1.82) is 0 Å². The van der Waals surface area contributed by atoms with Crippen LogP contribution in [-0.2, 0) is 19.1 Å². The summed E-state index contributed by atoms with van der Waals surface area (Å²) in [5, 5.41) is 28.0. The summed E-state index contributed by atoms with van der Waals surface area (Å²) in [4.78, 5) is 23.1. The Bertz CT molecular complexity index is 674. The Morgan fingerprint density at radius 1 is 1.38 bits per heavy atom. The summed E-state index contributed by atoms with van der Waals surface area (Å²) >= 11 is 0. The van der Waals surface area contributed by atoms with Crippen LogP contribution < -0.4 is 4.74 Å². The lowest BCUT2D eigenvalue weighted by Gasteiger charge is -2.16. The number of hydrogen-bond donors (Lipinski definition) is 3. The molecule has 0 bridgehead atoms. The number of benzene rings is 1. The minimum atomic E-state index is -1.52. The van der Waals surface area contributed by atoms with Crippen molar-refractivity contribution in [3.05, 3.63) is 47.4 Å². The van der Waals surface area contributed by atoms with Crippen molar-refractivity contribution in [2.75, 3.05) is 13.7 Å². The highest BCUT2D eigenvalue weighted by Crippen LogP contribution is 2.25. The number of carbonyl (C=O) groups is 2. The maximum atomic E-state index is 11.8. The second kappa shape index (κ2) is 7.62. The van der Waals surface area contributed by atoms with Gasteiger partial charge >= 0.3 is 11.9 Å². The van der Waals surface area contributed by atoms with E-state index in [1.54, 1.807) is 24.3 Å². The quantitative estimate of drug-likeness (QED) is 0.501. The summed E-state index contributed by atoms with van der Waals surface area (Å²) in [6.45, 7) is -0.742. The van der Waals surface area contributed by atoms with Crippen LogP contribution in [0.4, 0.5) is 0 Å². The van der Waals surface area contributed by atoms with Crippen LogP contribution in [0.3, 0.4) is 0 Å². The van der Waals surface area contributed by atoms with E-state index in [2.05, 4.69) is 4.74 Å². The largest absolute Gasteiger partial charge is 0.499 e. The maximum absolute atomic E-state index is 11.8. The third kappa shape index (κ3) is 3.92. The van der Waals surface area contributed by atoms with Crippen LogP contribution in [0.15, 0.2) is 41.9 Å². The van der Waals surface area contributed by atoms with Gasteiger partial charge in [0.15, 0.2) is 6.10 Å². The lowest BCUT2D eigenvalue weighted by Crippen LogP contribution is -2.32. The summed E-state index contributed by atoms with van der Waals surface area (Å²) in [6.07, 6.45) is -0.435. The molecule has 128 valence electrons. The Morgan fingerprint density at radius 2 is 2.04 bits per heavy atom. The zero-order chi connectivity index (χ0) is 17.7. The average Bonchev–Trinajstić information content (AvgIpc) is 2.88. The van der Waals surface area contributed by atoms with Crippen molar-refractivity contribution >= 4 is 18.0 Å². The molecule has 0 amide bonds. The second-order valence-corrected chi connectivity index (χ2v) is 4.82. The standard InChI is InChI=1S/C16H16O8/c1-22-10-5-2-9(3-6-10)4-7-12(19)23-15-13(20)16(21)24-14(15)11(18)8-17/h2-7,11,14,17-18,20H,8H2,1H3/t11-,14+/m0/s1. The van der Waals surface area contributed by atoms with Crippen molar-refractivity contribution in [2.45, 2.75) is 12.2 Å². The van der Waals surface area contributed by atoms with Crippen LogP contribution in [0.2, 0.25) is 0 Å². The van der Waals surface area contributed by atoms with Crippen molar-refractivity contribution in [3.8, 4) is 5.75 Å². The van der Waals surface area contributed by atoms with Crippen LogP contribution in [0.5, 0.6) is 5.75 Å². The van der Waals surface area contributed by atoms with Gasteiger partial charge in [-0.05, 0) is 23.8 Å². The lowest BCUT2D eigenvalue weighted by molar-refractivity contribution is -0.150. The fourth-order valence-electron chi connectivity index (χ4n) is 1.94. The van der Waals surface area contributed by atoms with Gasteiger partial charge in [0.2, 0.25) is 11.5 Å². The van der Waals surface area contributed by atoms with Crippen molar-refractivity contribution in [2.24, 2.45) is 0 Å². The minimum absolute atomic E-state index is 0.536. The number of hydrogen-bond acceptors (Lipinski definition) is 8. The van der Waals surface area contributed by atoms with Gasteiger partial charge in [0.25, 0.3) is 0 Å². The van der Waals surface area contributed by atoms with E-state index in [9.17, 15) is 19.8 Å². The molecule has 0 unspecified atom stereocenters. The van der Waals surface area contributed by atoms with E-state index in [4.69, 9.17) is 14.6 Å². The van der Waals surface area contributed by atoms with E-state index in [1.165, 1.54) is 13.2 Å². The number of aliphatic hydroxyl groups is 3. The molecule has 2 atom stereocenters. The SMILES string of the molecule is COc1ccc(C=CC(=O)OC2=C(O)C(=O)O[C@@H]2[C@@H](O)CO)cc1. The van der Waals surface area contributed by atoms with E-state index in [-0.39, 0.29) is 0 Å². The molecule has 0 fully saturated rings. The zero-order valence-corrected chi connectivity index (χ0v) is 12.7. The van der Waals surface area contributed by atoms with Crippen LogP contribution in [0.1, 0.15) is 5.56 Å². The van der Waals surface area contributed by atoms with E-state index in [0.29, 0.717) is 11.3 Å². The summed E-state index contributed by atoms with van der Waals surface area (Å²) in [5.41, 5.74) is 0.691. The van der Waals surface area contributed by atoms with Gasteiger partial charge in [-0.25, -0.2) is 9.59 Å². The van der Waals surface area contributed by atoms with Crippen LogP contribution >= 0.6 is 0 Å². The maximum Gasteiger partial charge on any atom is 0.378 e. The molecule has 0 aromatic heterocycles. The predicted octanol–water partition coefficient (Wildman–Crippen LogP) is 0.300. The van der Waals surface area contributed by atoms with Gasteiger partial charge in [-0.1, -0.05) is 12.1 Å². The van der Waals surface area contributed by atoms with E-state index in [0.717, 1.165) is 6.08 Å². The molecule has 1 aromatic rings. The molecule has 8 heteroatoms. The molecule has 1 aliphatic rings. The van der Waals surface area contributed by atoms with Crippen LogP contribution in [0, 0.1) is 0 Å².